The van der Waals surface area contributed by atoms with Crippen molar-refractivity contribution in [3.8, 4) is 0 Å². The zero-order valence-electron chi connectivity index (χ0n) is 12.3. The van der Waals surface area contributed by atoms with Crippen molar-refractivity contribution in [1.82, 2.24) is 19.8 Å². The van der Waals surface area contributed by atoms with Gasteiger partial charge in [0.25, 0.3) is 0 Å². The van der Waals surface area contributed by atoms with Gasteiger partial charge in [0, 0.05) is 6.54 Å². The average molecular weight is 273 g/mol. The Bertz CT molecular complexity index is 569. The van der Waals surface area contributed by atoms with Gasteiger partial charge in [0.2, 0.25) is 0 Å². The zero-order chi connectivity index (χ0) is 13.9. The van der Waals surface area contributed by atoms with E-state index in [4.69, 9.17) is 0 Å². The van der Waals surface area contributed by atoms with Gasteiger partial charge in [-0.1, -0.05) is 26.2 Å². The van der Waals surface area contributed by atoms with Crippen LogP contribution >= 0.6 is 0 Å². The van der Waals surface area contributed by atoms with Gasteiger partial charge in [0.1, 0.15) is 5.82 Å². The van der Waals surface area contributed by atoms with Gasteiger partial charge in [-0.05, 0) is 43.7 Å². The lowest BCUT2D eigenvalue weighted by atomic mass is 9.81. The summed E-state index contributed by atoms with van der Waals surface area (Å²) in [6.45, 7) is 5.25. The Morgan fingerprint density at radius 1 is 1.15 bits per heavy atom. The number of nitrogens with zero attached hydrogens (tertiary/aromatic N) is 4. The largest absolute Gasteiger partial charge is 0.368 e. The van der Waals surface area contributed by atoms with Crippen LogP contribution in [0.3, 0.4) is 0 Å². The normalized spacial score (nSPS) is 23.1. The molecule has 3 rings (SSSR count). The number of rotatable bonds is 4. The predicted molar refractivity (Wildman–Crippen MR) is 79.7 cm³/mol. The second kappa shape index (κ2) is 5.77. The SMILES string of the molecule is CCC1CCC(CNc2ccc3nnc(C)n3n2)CC1. The van der Waals surface area contributed by atoms with E-state index < -0.39 is 0 Å². The molecule has 0 amide bonds. The van der Waals surface area contributed by atoms with Crippen LogP contribution in [-0.2, 0) is 0 Å². The fourth-order valence-corrected chi connectivity index (χ4v) is 3.08. The molecule has 5 heteroatoms. The third kappa shape index (κ3) is 2.76. The molecular weight excluding hydrogens is 250 g/mol. The number of anilines is 1. The molecule has 0 aliphatic heterocycles. The topological polar surface area (TPSA) is 55.1 Å². The van der Waals surface area contributed by atoms with Gasteiger partial charge in [-0.25, -0.2) is 0 Å². The third-order valence-electron chi connectivity index (χ3n) is 4.53. The van der Waals surface area contributed by atoms with E-state index in [2.05, 4.69) is 27.5 Å². The molecule has 0 unspecified atom stereocenters. The molecule has 1 N–H and O–H groups in total. The summed E-state index contributed by atoms with van der Waals surface area (Å²) in [6, 6.07) is 3.95. The Morgan fingerprint density at radius 2 is 1.90 bits per heavy atom. The molecule has 108 valence electrons. The molecule has 0 atom stereocenters. The Kier molecular flexibility index (Phi) is 3.85. The molecule has 0 aromatic carbocycles. The number of hydrogen-bond donors (Lipinski definition) is 1. The molecule has 2 heterocycles. The highest BCUT2D eigenvalue weighted by Crippen LogP contribution is 2.30. The molecule has 0 bridgehead atoms. The molecule has 1 aliphatic carbocycles. The van der Waals surface area contributed by atoms with E-state index in [0.29, 0.717) is 0 Å². The smallest absolute Gasteiger partial charge is 0.178 e. The van der Waals surface area contributed by atoms with Gasteiger partial charge in [-0.3, -0.25) is 0 Å². The maximum Gasteiger partial charge on any atom is 0.178 e. The summed E-state index contributed by atoms with van der Waals surface area (Å²) >= 11 is 0. The molecule has 0 spiro atoms. The summed E-state index contributed by atoms with van der Waals surface area (Å²) in [5, 5.41) is 16.1. The maximum atomic E-state index is 4.53. The minimum atomic E-state index is 0.789. The van der Waals surface area contributed by atoms with Gasteiger partial charge in [-0.2, -0.15) is 4.52 Å². The van der Waals surface area contributed by atoms with Crippen molar-refractivity contribution in [1.29, 1.82) is 0 Å². The van der Waals surface area contributed by atoms with Crippen LogP contribution in [0.4, 0.5) is 5.82 Å². The fraction of sp³-hybridized carbons (Fsp3) is 0.667. The molecule has 1 fully saturated rings. The van der Waals surface area contributed by atoms with E-state index in [1.54, 1.807) is 4.52 Å². The lowest BCUT2D eigenvalue weighted by Gasteiger charge is -2.27. The maximum absolute atomic E-state index is 4.53. The summed E-state index contributed by atoms with van der Waals surface area (Å²) < 4.78 is 1.79. The lowest BCUT2D eigenvalue weighted by molar-refractivity contribution is 0.278. The van der Waals surface area contributed by atoms with Crippen molar-refractivity contribution >= 4 is 11.5 Å². The van der Waals surface area contributed by atoms with Crippen LogP contribution in [0.2, 0.25) is 0 Å². The highest BCUT2D eigenvalue weighted by Gasteiger charge is 2.19. The quantitative estimate of drug-likeness (QED) is 0.930. The summed E-state index contributed by atoms with van der Waals surface area (Å²) in [5.74, 6) is 3.49. The molecule has 0 saturated heterocycles. The van der Waals surface area contributed by atoms with Gasteiger partial charge in [0.15, 0.2) is 11.5 Å². The average Bonchev–Trinajstić information content (AvgIpc) is 2.87. The minimum Gasteiger partial charge on any atom is -0.368 e. The number of hydrogen-bond acceptors (Lipinski definition) is 4. The van der Waals surface area contributed by atoms with Crippen molar-refractivity contribution in [2.75, 3.05) is 11.9 Å². The number of aryl methyl sites for hydroxylation is 1. The molecular formula is C15H23N5. The van der Waals surface area contributed by atoms with E-state index in [0.717, 1.165) is 35.7 Å². The highest BCUT2D eigenvalue weighted by atomic mass is 15.4. The highest BCUT2D eigenvalue weighted by molar-refractivity contribution is 5.43. The number of nitrogens with one attached hydrogen (secondary N) is 1. The van der Waals surface area contributed by atoms with Gasteiger partial charge in [-0.15, -0.1) is 15.3 Å². The molecule has 0 radical (unpaired) electrons. The molecule has 5 nitrogen and oxygen atoms in total. The van der Waals surface area contributed by atoms with E-state index in [-0.39, 0.29) is 0 Å². The number of fused-ring (bicyclic) bond motifs is 1. The zero-order valence-corrected chi connectivity index (χ0v) is 12.3. The Morgan fingerprint density at radius 3 is 2.65 bits per heavy atom. The van der Waals surface area contributed by atoms with Crippen LogP contribution in [0.1, 0.15) is 44.9 Å². The van der Waals surface area contributed by atoms with Gasteiger partial charge >= 0.3 is 0 Å². The first-order valence-corrected chi connectivity index (χ1v) is 7.69. The summed E-state index contributed by atoms with van der Waals surface area (Å²) in [5.41, 5.74) is 0.802. The predicted octanol–water partition coefficient (Wildman–Crippen LogP) is 3.06. The van der Waals surface area contributed by atoms with Gasteiger partial charge < -0.3 is 5.32 Å². The first-order chi connectivity index (χ1) is 9.76. The number of aromatic nitrogens is 4. The summed E-state index contributed by atoms with van der Waals surface area (Å²) in [6.07, 6.45) is 6.81. The van der Waals surface area contributed by atoms with Crippen molar-refractivity contribution in [3.05, 3.63) is 18.0 Å². The summed E-state index contributed by atoms with van der Waals surface area (Å²) in [4.78, 5) is 0. The Hall–Kier alpha value is -1.65. The van der Waals surface area contributed by atoms with Crippen molar-refractivity contribution in [2.45, 2.75) is 46.0 Å². The molecule has 20 heavy (non-hydrogen) atoms. The van der Waals surface area contributed by atoms with Crippen LogP contribution in [-0.4, -0.2) is 26.4 Å². The first-order valence-electron chi connectivity index (χ1n) is 7.69. The molecule has 1 aliphatic rings. The van der Waals surface area contributed by atoms with Gasteiger partial charge in [0.05, 0.1) is 0 Å². The molecule has 1 saturated carbocycles. The first kappa shape index (κ1) is 13.3. The van der Waals surface area contributed by atoms with Crippen molar-refractivity contribution in [3.63, 3.8) is 0 Å². The second-order valence-corrected chi connectivity index (χ2v) is 5.91. The third-order valence-corrected chi connectivity index (χ3v) is 4.53. The van der Waals surface area contributed by atoms with Crippen LogP contribution in [0.5, 0.6) is 0 Å². The van der Waals surface area contributed by atoms with E-state index in [1.165, 1.54) is 32.1 Å². The van der Waals surface area contributed by atoms with Crippen LogP contribution in [0.25, 0.3) is 5.65 Å². The van der Waals surface area contributed by atoms with Crippen LogP contribution in [0.15, 0.2) is 12.1 Å². The Balaban J connectivity index is 1.58. The fourth-order valence-electron chi connectivity index (χ4n) is 3.08. The van der Waals surface area contributed by atoms with E-state index >= 15 is 0 Å². The van der Waals surface area contributed by atoms with E-state index in [1.807, 2.05) is 19.1 Å². The van der Waals surface area contributed by atoms with E-state index in [9.17, 15) is 0 Å². The molecule has 2 aromatic rings. The lowest BCUT2D eigenvalue weighted by Crippen LogP contribution is -2.21. The van der Waals surface area contributed by atoms with Crippen LogP contribution in [0, 0.1) is 18.8 Å². The van der Waals surface area contributed by atoms with Crippen molar-refractivity contribution in [2.24, 2.45) is 11.8 Å². The summed E-state index contributed by atoms with van der Waals surface area (Å²) in [7, 11) is 0. The Labute approximate surface area is 119 Å². The monoisotopic (exact) mass is 273 g/mol. The second-order valence-electron chi connectivity index (χ2n) is 5.91. The molecule has 2 aromatic heterocycles. The van der Waals surface area contributed by atoms with Crippen LogP contribution < -0.4 is 5.32 Å². The minimum absolute atomic E-state index is 0.789. The standard InChI is InChI=1S/C15H23N5/c1-3-12-4-6-13(7-5-12)10-16-14-8-9-15-18-17-11(2)20(15)19-14/h8-9,12-13H,3-7,10H2,1-2H3,(H,16,19). The van der Waals surface area contributed by atoms with Crippen molar-refractivity contribution < 1.29 is 0 Å².